The number of aliphatic hydroxyl groups excluding tert-OH is 1. The van der Waals surface area contributed by atoms with Gasteiger partial charge in [-0.1, -0.05) is 30.3 Å². The average molecular weight is 233 g/mol. The molecule has 0 aliphatic carbocycles. The van der Waals surface area contributed by atoms with E-state index in [0.29, 0.717) is 6.42 Å². The fourth-order valence-corrected chi connectivity index (χ4v) is 1.50. The Balaban J connectivity index is 2.36. The maximum absolute atomic E-state index is 11.5. The van der Waals surface area contributed by atoms with Gasteiger partial charge >= 0.3 is 0 Å². The van der Waals surface area contributed by atoms with E-state index in [9.17, 15) is 4.79 Å². The maximum atomic E-state index is 11.5. The molecule has 17 heavy (non-hydrogen) atoms. The minimum Gasteiger partial charge on any atom is -0.396 e. The normalized spacial score (nSPS) is 12.6. The summed E-state index contributed by atoms with van der Waals surface area (Å²) >= 11 is 0. The van der Waals surface area contributed by atoms with Gasteiger partial charge in [-0.25, -0.2) is 0 Å². The number of hydrogen-bond donors (Lipinski definition) is 2. The summed E-state index contributed by atoms with van der Waals surface area (Å²) in [5.41, 5.74) is 1.01. The Morgan fingerprint density at radius 1 is 1.41 bits per heavy atom. The molecule has 3 nitrogen and oxygen atoms in total. The molecule has 0 radical (unpaired) electrons. The minimum absolute atomic E-state index is 0.0927. The molecule has 2 N–H and O–H groups in total. The van der Waals surface area contributed by atoms with E-state index >= 15 is 0 Å². The summed E-state index contributed by atoms with van der Waals surface area (Å²) in [6.07, 6.45) is 4.82. The maximum Gasteiger partial charge on any atom is 0.244 e. The number of hydrogen-bond acceptors (Lipinski definition) is 2. The monoisotopic (exact) mass is 233 g/mol. The zero-order chi connectivity index (χ0) is 12.5. The van der Waals surface area contributed by atoms with Crippen molar-refractivity contribution in [2.24, 2.45) is 0 Å². The summed E-state index contributed by atoms with van der Waals surface area (Å²) in [5.74, 6) is -0.0979. The molecule has 1 atom stereocenters. The molecule has 1 amide bonds. The summed E-state index contributed by atoms with van der Waals surface area (Å²) in [6.45, 7) is 2.10. The first kappa shape index (κ1) is 13.5. The predicted molar refractivity (Wildman–Crippen MR) is 69.4 cm³/mol. The fourth-order valence-electron chi connectivity index (χ4n) is 1.50. The Bertz CT molecular complexity index is 360. The van der Waals surface area contributed by atoms with E-state index < -0.39 is 0 Å². The summed E-state index contributed by atoms with van der Waals surface area (Å²) in [6, 6.07) is 9.78. The SMILES string of the molecule is CC(CCCO)NC(=O)C=Cc1ccccc1. The largest absolute Gasteiger partial charge is 0.396 e. The first-order valence-corrected chi connectivity index (χ1v) is 5.87. The van der Waals surface area contributed by atoms with E-state index in [2.05, 4.69) is 5.32 Å². The number of amides is 1. The van der Waals surface area contributed by atoms with E-state index in [4.69, 9.17) is 5.11 Å². The summed E-state index contributed by atoms with van der Waals surface area (Å²) in [4.78, 5) is 11.5. The van der Waals surface area contributed by atoms with Gasteiger partial charge in [-0.15, -0.1) is 0 Å². The topological polar surface area (TPSA) is 49.3 Å². The highest BCUT2D eigenvalue weighted by molar-refractivity contribution is 5.91. The molecule has 0 aliphatic heterocycles. The van der Waals surface area contributed by atoms with Crippen molar-refractivity contribution < 1.29 is 9.90 Å². The highest BCUT2D eigenvalue weighted by Gasteiger charge is 2.03. The molecular weight excluding hydrogens is 214 g/mol. The van der Waals surface area contributed by atoms with Crippen LogP contribution in [0.15, 0.2) is 36.4 Å². The van der Waals surface area contributed by atoms with E-state index in [0.717, 1.165) is 12.0 Å². The van der Waals surface area contributed by atoms with Gasteiger partial charge in [0.05, 0.1) is 0 Å². The van der Waals surface area contributed by atoms with E-state index in [1.807, 2.05) is 37.3 Å². The lowest BCUT2D eigenvalue weighted by Crippen LogP contribution is -2.31. The smallest absolute Gasteiger partial charge is 0.244 e. The van der Waals surface area contributed by atoms with Crippen molar-refractivity contribution in [2.75, 3.05) is 6.61 Å². The summed E-state index contributed by atoms with van der Waals surface area (Å²) < 4.78 is 0. The van der Waals surface area contributed by atoms with Crippen molar-refractivity contribution in [3.8, 4) is 0 Å². The van der Waals surface area contributed by atoms with Crippen LogP contribution >= 0.6 is 0 Å². The minimum atomic E-state index is -0.0979. The highest BCUT2D eigenvalue weighted by atomic mass is 16.2. The molecule has 92 valence electrons. The Labute approximate surface area is 102 Å². The van der Waals surface area contributed by atoms with Crippen molar-refractivity contribution in [2.45, 2.75) is 25.8 Å². The standard InChI is InChI=1S/C14H19NO2/c1-12(6-5-11-16)15-14(17)10-9-13-7-3-2-4-8-13/h2-4,7-10,12,16H,5-6,11H2,1H3,(H,15,17). The molecule has 0 saturated carbocycles. The number of carbonyl (C=O) groups is 1. The van der Waals surface area contributed by atoms with Crippen molar-refractivity contribution in [3.63, 3.8) is 0 Å². The summed E-state index contributed by atoms with van der Waals surface area (Å²) in [7, 11) is 0. The Hall–Kier alpha value is -1.61. The molecule has 0 saturated heterocycles. The van der Waals surface area contributed by atoms with Crippen LogP contribution in [0, 0.1) is 0 Å². The zero-order valence-electron chi connectivity index (χ0n) is 10.1. The van der Waals surface area contributed by atoms with Gasteiger partial charge in [0.25, 0.3) is 0 Å². The fraction of sp³-hybridized carbons (Fsp3) is 0.357. The van der Waals surface area contributed by atoms with Gasteiger partial charge < -0.3 is 10.4 Å². The van der Waals surface area contributed by atoms with Crippen LogP contribution < -0.4 is 5.32 Å². The van der Waals surface area contributed by atoms with Crippen molar-refractivity contribution in [1.82, 2.24) is 5.32 Å². The zero-order valence-corrected chi connectivity index (χ0v) is 10.1. The molecule has 0 aliphatic rings. The molecule has 1 rings (SSSR count). The molecule has 1 aromatic carbocycles. The molecule has 1 aromatic rings. The quantitative estimate of drug-likeness (QED) is 0.738. The predicted octanol–water partition coefficient (Wildman–Crippen LogP) is 1.98. The lowest BCUT2D eigenvalue weighted by molar-refractivity contribution is -0.117. The van der Waals surface area contributed by atoms with Crippen LogP contribution in [0.1, 0.15) is 25.3 Å². The van der Waals surface area contributed by atoms with Crippen LogP contribution in [0.3, 0.4) is 0 Å². The van der Waals surface area contributed by atoms with Crippen LogP contribution in [0.4, 0.5) is 0 Å². The van der Waals surface area contributed by atoms with Gasteiger partial charge in [0.15, 0.2) is 0 Å². The van der Waals surface area contributed by atoms with Crippen LogP contribution in [0.25, 0.3) is 6.08 Å². The Kier molecular flexibility index (Phi) is 6.04. The van der Waals surface area contributed by atoms with Crippen LogP contribution in [0.5, 0.6) is 0 Å². The number of aliphatic hydroxyl groups is 1. The van der Waals surface area contributed by atoms with Crippen molar-refractivity contribution in [1.29, 1.82) is 0 Å². The second kappa shape index (κ2) is 7.63. The first-order chi connectivity index (χ1) is 8.22. The van der Waals surface area contributed by atoms with Crippen LogP contribution in [-0.4, -0.2) is 23.7 Å². The van der Waals surface area contributed by atoms with Crippen molar-refractivity contribution >= 4 is 12.0 Å². The highest BCUT2D eigenvalue weighted by Crippen LogP contribution is 2.01. The molecule has 0 fully saturated rings. The molecular formula is C14H19NO2. The second-order valence-electron chi connectivity index (χ2n) is 4.02. The molecule has 0 spiro atoms. The number of carbonyl (C=O) groups excluding carboxylic acids is 1. The molecule has 0 aromatic heterocycles. The van der Waals surface area contributed by atoms with Crippen LogP contribution in [-0.2, 0) is 4.79 Å². The third-order valence-electron chi connectivity index (χ3n) is 2.41. The van der Waals surface area contributed by atoms with E-state index in [-0.39, 0.29) is 18.6 Å². The summed E-state index contributed by atoms with van der Waals surface area (Å²) in [5, 5.41) is 11.5. The van der Waals surface area contributed by atoms with Gasteiger partial charge in [-0.3, -0.25) is 4.79 Å². The molecule has 0 heterocycles. The lowest BCUT2D eigenvalue weighted by atomic mass is 10.2. The third kappa shape index (κ3) is 5.88. The van der Waals surface area contributed by atoms with E-state index in [1.165, 1.54) is 6.08 Å². The van der Waals surface area contributed by atoms with Gasteiger partial charge in [-0.05, 0) is 31.4 Å². The lowest BCUT2D eigenvalue weighted by Gasteiger charge is -2.10. The number of benzene rings is 1. The van der Waals surface area contributed by atoms with Gasteiger partial charge in [-0.2, -0.15) is 0 Å². The third-order valence-corrected chi connectivity index (χ3v) is 2.41. The molecule has 0 bridgehead atoms. The van der Waals surface area contributed by atoms with Gasteiger partial charge in [0, 0.05) is 18.7 Å². The van der Waals surface area contributed by atoms with E-state index in [1.54, 1.807) is 6.08 Å². The Morgan fingerprint density at radius 2 is 2.12 bits per heavy atom. The second-order valence-corrected chi connectivity index (χ2v) is 4.02. The number of rotatable bonds is 6. The van der Waals surface area contributed by atoms with Crippen molar-refractivity contribution in [3.05, 3.63) is 42.0 Å². The Morgan fingerprint density at radius 3 is 2.76 bits per heavy atom. The van der Waals surface area contributed by atoms with Crippen LogP contribution in [0.2, 0.25) is 0 Å². The molecule has 1 unspecified atom stereocenters. The van der Waals surface area contributed by atoms with Gasteiger partial charge in [0.2, 0.25) is 5.91 Å². The molecule has 3 heteroatoms. The average Bonchev–Trinajstić information content (AvgIpc) is 2.35. The first-order valence-electron chi connectivity index (χ1n) is 5.87. The number of nitrogens with one attached hydrogen (secondary N) is 1. The van der Waals surface area contributed by atoms with Gasteiger partial charge in [0.1, 0.15) is 0 Å².